The quantitative estimate of drug-likeness (QED) is 0.796. The summed E-state index contributed by atoms with van der Waals surface area (Å²) in [6.45, 7) is 1.46. The normalized spacial score (nSPS) is 14.4. The predicted octanol–water partition coefficient (Wildman–Crippen LogP) is 1.25. The van der Waals surface area contributed by atoms with Crippen LogP contribution in [-0.2, 0) is 16.0 Å². The van der Waals surface area contributed by atoms with E-state index in [2.05, 4.69) is 0 Å². The van der Waals surface area contributed by atoms with Gasteiger partial charge in [0.2, 0.25) is 6.79 Å². The molecule has 5 heteroatoms. The summed E-state index contributed by atoms with van der Waals surface area (Å²) in [5.74, 6) is -1.22. The first-order valence-electron chi connectivity index (χ1n) is 5.19. The first-order chi connectivity index (χ1) is 8.08. The van der Waals surface area contributed by atoms with Gasteiger partial charge < -0.3 is 14.6 Å². The van der Waals surface area contributed by atoms with Crippen molar-refractivity contribution in [1.29, 1.82) is 0 Å². The van der Waals surface area contributed by atoms with Gasteiger partial charge in [0.05, 0.1) is 0 Å². The number of carbonyl (C=O) groups excluding carboxylic acids is 1. The zero-order valence-corrected chi connectivity index (χ0v) is 9.30. The van der Waals surface area contributed by atoms with E-state index in [4.69, 9.17) is 14.6 Å². The Bertz CT molecular complexity index is 452. The van der Waals surface area contributed by atoms with E-state index in [-0.39, 0.29) is 19.0 Å². The highest BCUT2D eigenvalue weighted by atomic mass is 16.7. The summed E-state index contributed by atoms with van der Waals surface area (Å²) < 4.78 is 10.3. The number of carboxylic acid groups (broad SMARTS) is 1. The van der Waals surface area contributed by atoms with Gasteiger partial charge in [-0.1, -0.05) is 6.07 Å². The molecule has 1 unspecified atom stereocenters. The molecule has 1 aromatic rings. The molecule has 1 aliphatic rings. The Morgan fingerprint density at radius 1 is 1.35 bits per heavy atom. The van der Waals surface area contributed by atoms with Crippen molar-refractivity contribution in [2.75, 3.05) is 6.79 Å². The molecule has 0 radical (unpaired) electrons. The topological polar surface area (TPSA) is 72.8 Å². The van der Waals surface area contributed by atoms with E-state index in [1.165, 1.54) is 6.92 Å². The van der Waals surface area contributed by atoms with Crippen molar-refractivity contribution >= 4 is 11.8 Å². The summed E-state index contributed by atoms with van der Waals surface area (Å²) in [5.41, 5.74) is 0.747. The maximum Gasteiger partial charge on any atom is 0.314 e. The zero-order valence-electron chi connectivity index (χ0n) is 9.30. The summed E-state index contributed by atoms with van der Waals surface area (Å²) in [5, 5.41) is 8.92. The van der Waals surface area contributed by atoms with E-state index >= 15 is 0 Å². The van der Waals surface area contributed by atoms with Crippen LogP contribution < -0.4 is 9.47 Å². The first kappa shape index (κ1) is 11.4. The van der Waals surface area contributed by atoms with Crippen LogP contribution in [-0.4, -0.2) is 23.7 Å². The van der Waals surface area contributed by atoms with Gasteiger partial charge in [0.15, 0.2) is 11.5 Å². The van der Waals surface area contributed by atoms with Crippen LogP contribution in [0.15, 0.2) is 18.2 Å². The fourth-order valence-electron chi connectivity index (χ4n) is 1.71. The van der Waals surface area contributed by atoms with Gasteiger partial charge in [0.1, 0.15) is 11.7 Å². The largest absolute Gasteiger partial charge is 0.481 e. The Hall–Kier alpha value is -2.04. The second kappa shape index (κ2) is 4.45. The SMILES string of the molecule is CC(=O)C(Cc1ccc2c(c1)OCO2)C(=O)O. The number of Topliss-reactive ketones (excluding diaryl/α,β-unsaturated/α-hetero) is 1. The summed E-state index contributed by atoms with van der Waals surface area (Å²) >= 11 is 0. The number of ether oxygens (including phenoxy) is 2. The maximum absolute atomic E-state index is 11.2. The number of hydrogen-bond acceptors (Lipinski definition) is 4. The van der Waals surface area contributed by atoms with Crippen molar-refractivity contribution < 1.29 is 24.2 Å². The van der Waals surface area contributed by atoms with Crippen molar-refractivity contribution in [3.8, 4) is 11.5 Å². The van der Waals surface area contributed by atoms with Gasteiger partial charge in [-0.05, 0) is 31.0 Å². The molecular weight excluding hydrogens is 224 g/mol. The lowest BCUT2D eigenvalue weighted by atomic mass is 9.96. The number of carboxylic acids is 1. The second-order valence-electron chi connectivity index (χ2n) is 3.89. The van der Waals surface area contributed by atoms with Crippen LogP contribution >= 0.6 is 0 Å². The Kier molecular flexibility index (Phi) is 2.99. The molecular formula is C12H12O5. The van der Waals surface area contributed by atoms with E-state index < -0.39 is 11.9 Å². The lowest BCUT2D eigenvalue weighted by Crippen LogP contribution is -2.23. The zero-order chi connectivity index (χ0) is 12.4. The third-order valence-corrected chi connectivity index (χ3v) is 2.67. The van der Waals surface area contributed by atoms with E-state index in [9.17, 15) is 9.59 Å². The van der Waals surface area contributed by atoms with Crippen LogP contribution in [0.5, 0.6) is 11.5 Å². The van der Waals surface area contributed by atoms with Gasteiger partial charge in [0.25, 0.3) is 0 Å². The van der Waals surface area contributed by atoms with Gasteiger partial charge in [-0.2, -0.15) is 0 Å². The van der Waals surface area contributed by atoms with Crippen molar-refractivity contribution in [2.45, 2.75) is 13.3 Å². The van der Waals surface area contributed by atoms with Crippen LogP contribution in [0.1, 0.15) is 12.5 Å². The molecule has 90 valence electrons. The van der Waals surface area contributed by atoms with E-state index in [0.29, 0.717) is 11.5 Å². The summed E-state index contributed by atoms with van der Waals surface area (Å²) in [4.78, 5) is 22.1. The van der Waals surface area contributed by atoms with Gasteiger partial charge in [-0.3, -0.25) is 9.59 Å². The highest BCUT2D eigenvalue weighted by Gasteiger charge is 2.24. The molecule has 0 amide bonds. The van der Waals surface area contributed by atoms with E-state index in [1.54, 1.807) is 18.2 Å². The monoisotopic (exact) mass is 236 g/mol. The Morgan fingerprint density at radius 2 is 2.06 bits per heavy atom. The number of benzene rings is 1. The molecule has 0 aromatic heterocycles. The molecule has 1 N–H and O–H groups in total. The fraction of sp³-hybridized carbons (Fsp3) is 0.333. The van der Waals surface area contributed by atoms with Gasteiger partial charge in [-0.15, -0.1) is 0 Å². The maximum atomic E-state index is 11.2. The molecule has 0 spiro atoms. The van der Waals surface area contributed by atoms with Crippen LogP contribution in [0, 0.1) is 5.92 Å². The number of carbonyl (C=O) groups is 2. The number of rotatable bonds is 4. The van der Waals surface area contributed by atoms with Gasteiger partial charge >= 0.3 is 5.97 Å². The van der Waals surface area contributed by atoms with Crippen molar-refractivity contribution in [3.63, 3.8) is 0 Å². The smallest absolute Gasteiger partial charge is 0.314 e. The van der Waals surface area contributed by atoms with Crippen molar-refractivity contribution in [2.24, 2.45) is 5.92 Å². The average molecular weight is 236 g/mol. The lowest BCUT2D eigenvalue weighted by Gasteiger charge is -2.09. The molecule has 1 aromatic carbocycles. The van der Waals surface area contributed by atoms with Gasteiger partial charge in [-0.25, -0.2) is 0 Å². The average Bonchev–Trinajstić information content (AvgIpc) is 2.71. The molecule has 1 heterocycles. The number of hydrogen-bond donors (Lipinski definition) is 1. The summed E-state index contributed by atoms with van der Waals surface area (Å²) in [6, 6.07) is 5.17. The van der Waals surface area contributed by atoms with Crippen LogP contribution in [0.3, 0.4) is 0 Å². The van der Waals surface area contributed by atoms with Gasteiger partial charge in [0, 0.05) is 0 Å². The molecule has 2 rings (SSSR count). The second-order valence-corrected chi connectivity index (χ2v) is 3.89. The molecule has 1 atom stereocenters. The lowest BCUT2D eigenvalue weighted by molar-refractivity contribution is -0.145. The Morgan fingerprint density at radius 3 is 2.71 bits per heavy atom. The van der Waals surface area contributed by atoms with Crippen LogP contribution in [0.25, 0.3) is 0 Å². The molecule has 0 bridgehead atoms. The minimum absolute atomic E-state index is 0.168. The fourth-order valence-corrected chi connectivity index (χ4v) is 1.71. The number of aliphatic carboxylic acids is 1. The number of ketones is 1. The predicted molar refractivity (Wildman–Crippen MR) is 58.1 cm³/mol. The third kappa shape index (κ3) is 2.38. The first-order valence-corrected chi connectivity index (χ1v) is 5.19. The standard InChI is InChI=1S/C12H12O5/c1-7(13)9(12(14)15)4-8-2-3-10-11(5-8)17-6-16-10/h2-3,5,9H,4,6H2,1H3,(H,14,15). The van der Waals surface area contributed by atoms with E-state index in [1.807, 2.05) is 0 Å². The molecule has 1 aliphatic heterocycles. The van der Waals surface area contributed by atoms with Crippen LogP contribution in [0.4, 0.5) is 0 Å². The van der Waals surface area contributed by atoms with Crippen molar-refractivity contribution in [3.05, 3.63) is 23.8 Å². The van der Waals surface area contributed by atoms with E-state index in [0.717, 1.165) is 5.56 Å². The minimum Gasteiger partial charge on any atom is -0.481 e. The highest BCUT2D eigenvalue weighted by Crippen LogP contribution is 2.33. The minimum atomic E-state index is -1.10. The molecule has 17 heavy (non-hydrogen) atoms. The Labute approximate surface area is 98.0 Å². The molecule has 5 nitrogen and oxygen atoms in total. The Balaban J connectivity index is 2.18. The van der Waals surface area contributed by atoms with Crippen LogP contribution in [0.2, 0.25) is 0 Å². The highest BCUT2D eigenvalue weighted by molar-refractivity contribution is 5.97. The molecule has 0 saturated heterocycles. The molecule has 0 saturated carbocycles. The summed E-state index contributed by atoms with van der Waals surface area (Å²) in [6.07, 6.45) is 0.168. The summed E-state index contributed by atoms with van der Waals surface area (Å²) in [7, 11) is 0. The van der Waals surface area contributed by atoms with Crippen molar-refractivity contribution in [1.82, 2.24) is 0 Å². The molecule has 0 fully saturated rings. The third-order valence-electron chi connectivity index (χ3n) is 2.67. The molecule has 0 aliphatic carbocycles. The number of fused-ring (bicyclic) bond motifs is 1.